The zero-order valence-corrected chi connectivity index (χ0v) is 8.74. The van der Waals surface area contributed by atoms with Crippen LogP contribution in [0.3, 0.4) is 0 Å². The van der Waals surface area contributed by atoms with Crippen molar-refractivity contribution in [1.29, 1.82) is 0 Å². The fourth-order valence-corrected chi connectivity index (χ4v) is 2.01. The fraction of sp³-hybridized carbons (Fsp3) is 0.143. The highest BCUT2D eigenvalue weighted by Crippen LogP contribution is 2.30. The monoisotopic (exact) mass is 214 g/mol. The molecule has 16 heavy (non-hydrogen) atoms. The number of hydrogen-bond acceptors (Lipinski definition) is 1. The van der Waals surface area contributed by atoms with E-state index in [1.807, 2.05) is 12.1 Å². The Morgan fingerprint density at radius 1 is 0.938 bits per heavy atom. The van der Waals surface area contributed by atoms with Crippen LogP contribution in [0.5, 0.6) is 5.75 Å². The maximum Gasteiger partial charge on any atom is 0.123 e. The highest BCUT2D eigenvalue weighted by Gasteiger charge is 2.12. The highest BCUT2D eigenvalue weighted by molar-refractivity contribution is 5.66. The predicted molar refractivity (Wildman–Crippen MR) is 61.0 cm³/mol. The van der Waals surface area contributed by atoms with Crippen molar-refractivity contribution in [3.05, 3.63) is 53.8 Å². The number of fused-ring (bicyclic) bond motifs is 1. The number of halogens is 1. The number of hydrogen-bond donors (Lipinski definition) is 0. The van der Waals surface area contributed by atoms with Crippen molar-refractivity contribution in [3.8, 4) is 16.9 Å². The third-order valence-corrected chi connectivity index (χ3v) is 2.87. The number of benzene rings is 2. The Kier molecular flexibility index (Phi) is 2.13. The van der Waals surface area contributed by atoms with E-state index in [1.165, 1.54) is 17.7 Å². The molecular formula is C14H11FO. The molecule has 3 rings (SSSR count). The average Bonchev–Trinajstić information content (AvgIpc) is 2.77. The maximum atomic E-state index is 12.8. The van der Waals surface area contributed by atoms with E-state index in [-0.39, 0.29) is 5.82 Å². The van der Waals surface area contributed by atoms with Gasteiger partial charge in [0.2, 0.25) is 0 Å². The van der Waals surface area contributed by atoms with Crippen molar-refractivity contribution < 1.29 is 9.13 Å². The SMILES string of the molecule is Fc1ccc(-c2ccc3c(c2)CCO3)cc1. The van der Waals surface area contributed by atoms with Crippen molar-refractivity contribution in [3.63, 3.8) is 0 Å². The molecule has 0 unspecified atom stereocenters. The van der Waals surface area contributed by atoms with Crippen molar-refractivity contribution in [1.82, 2.24) is 0 Å². The van der Waals surface area contributed by atoms with E-state index in [0.29, 0.717) is 0 Å². The summed E-state index contributed by atoms with van der Waals surface area (Å²) in [5.74, 6) is 0.777. The first-order chi connectivity index (χ1) is 7.83. The van der Waals surface area contributed by atoms with Crippen molar-refractivity contribution in [2.45, 2.75) is 6.42 Å². The minimum absolute atomic E-state index is 0.201. The third-order valence-electron chi connectivity index (χ3n) is 2.87. The third kappa shape index (κ3) is 1.56. The molecule has 0 aromatic heterocycles. The van der Waals surface area contributed by atoms with Gasteiger partial charge in [-0.25, -0.2) is 4.39 Å². The molecule has 1 aliphatic heterocycles. The lowest BCUT2D eigenvalue weighted by Crippen LogP contribution is -1.85. The van der Waals surface area contributed by atoms with Crippen LogP contribution in [0, 0.1) is 5.82 Å². The molecule has 2 aromatic carbocycles. The van der Waals surface area contributed by atoms with Crippen LogP contribution in [-0.2, 0) is 6.42 Å². The Hall–Kier alpha value is -1.83. The molecule has 0 radical (unpaired) electrons. The topological polar surface area (TPSA) is 9.23 Å². The second-order valence-electron chi connectivity index (χ2n) is 3.93. The molecule has 0 fully saturated rings. The normalized spacial score (nSPS) is 13.3. The predicted octanol–water partition coefficient (Wildman–Crippen LogP) is 3.43. The van der Waals surface area contributed by atoms with Crippen LogP contribution in [0.4, 0.5) is 4.39 Å². The Bertz CT molecular complexity index is 517. The maximum absolute atomic E-state index is 12.8. The van der Waals surface area contributed by atoms with Crippen LogP contribution < -0.4 is 4.74 Å². The minimum atomic E-state index is -0.201. The molecule has 0 atom stereocenters. The Labute approximate surface area is 93.5 Å². The van der Waals surface area contributed by atoms with Gasteiger partial charge in [-0.05, 0) is 41.0 Å². The zero-order valence-electron chi connectivity index (χ0n) is 8.74. The molecule has 1 heterocycles. The van der Waals surface area contributed by atoms with E-state index in [2.05, 4.69) is 6.07 Å². The van der Waals surface area contributed by atoms with Gasteiger partial charge in [-0.15, -0.1) is 0 Å². The molecule has 0 saturated heterocycles. The molecule has 0 saturated carbocycles. The summed E-state index contributed by atoms with van der Waals surface area (Å²) in [4.78, 5) is 0. The van der Waals surface area contributed by atoms with Crippen LogP contribution in [0.25, 0.3) is 11.1 Å². The summed E-state index contributed by atoms with van der Waals surface area (Å²) in [5, 5.41) is 0. The molecular weight excluding hydrogens is 203 g/mol. The molecule has 80 valence electrons. The first-order valence-corrected chi connectivity index (χ1v) is 5.34. The van der Waals surface area contributed by atoms with E-state index in [1.54, 1.807) is 12.1 Å². The molecule has 2 aromatic rings. The van der Waals surface area contributed by atoms with Gasteiger partial charge in [-0.2, -0.15) is 0 Å². The van der Waals surface area contributed by atoms with Crippen LogP contribution in [-0.4, -0.2) is 6.61 Å². The Balaban J connectivity index is 2.03. The molecule has 2 heteroatoms. The fourth-order valence-electron chi connectivity index (χ4n) is 2.01. The van der Waals surface area contributed by atoms with Crippen molar-refractivity contribution >= 4 is 0 Å². The zero-order chi connectivity index (χ0) is 11.0. The van der Waals surface area contributed by atoms with Crippen molar-refractivity contribution in [2.24, 2.45) is 0 Å². The van der Waals surface area contributed by atoms with Crippen LogP contribution >= 0.6 is 0 Å². The van der Waals surface area contributed by atoms with Gasteiger partial charge in [0.1, 0.15) is 11.6 Å². The first-order valence-electron chi connectivity index (χ1n) is 5.34. The minimum Gasteiger partial charge on any atom is -0.493 e. The highest BCUT2D eigenvalue weighted by atomic mass is 19.1. The summed E-state index contributed by atoms with van der Waals surface area (Å²) in [6, 6.07) is 12.7. The molecule has 0 aliphatic carbocycles. The molecule has 0 amide bonds. The Morgan fingerprint density at radius 3 is 2.50 bits per heavy atom. The molecule has 1 nitrogen and oxygen atoms in total. The van der Waals surface area contributed by atoms with Crippen LogP contribution in [0.2, 0.25) is 0 Å². The largest absolute Gasteiger partial charge is 0.493 e. The van der Waals surface area contributed by atoms with Gasteiger partial charge < -0.3 is 4.74 Å². The Morgan fingerprint density at radius 2 is 1.69 bits per heavy atom. The van der Waals surface area contributed by atoms with Crippen LogP contribution in [0.1, 0.15) is 5.56 Å². The van der Waals surface area contributed by atoms with Gasteiger partial charge in [0.15, 0.2) is 0 Å². The van der Waals surface area contributed by atoms with E-state index in [0.717, 1.165) is 29.9 Å². The van der Waals surface area contributed by atoms with E-state index in [4.69, 9.17) is 4.74 Å². The van der Waals surface area contributed by atoms with Crippen molar-refractivity contribution in [2.75, 3.05) is 6.61 Å². The van der Waals surface area contributed by atoms with Crippen LogP contribution in [0.15, 0.2) is 42.5 Å². The lowest BCUT2D eigenvalue weighted by Gasteiger charge is -2.04. The lowest BCUT2D eigenvalue weighted by atomic mass is 10.0. The summed E-state index contributed by atoms with van der Waals surface area (Å²) < 4.78 is 18.3. The summed E-state index contributed by atoms with van der Waals surface area (Å²) in [6.07, 6.45) is 0.963. The molecule has 0 spiro atoms. The summed E-state index contributed by atoms with van der Waals surface area (Å²) in [5.41, 5.74) is 3.39. The molecule has 1 aliphatic rings. The van der Waals surface area contributed by atoms with Gasteiger partial charge in [0, 0.05) is 6.42 Å². The van der Waals surface area contributed by atoms with E-state index in [9.17, 15) is 4.39 Å². The second kappa shape index (κ2) is 3.63. The average molecular weight is 214 g/mol. The number of rotatable bonds is 1. The summed E-state index contributed by atoms with van der Waals surface area (Å²) in [7, 11) is 0. The van der Waals surface area contributed by atoms with Gasteiger partial charge >= 0.3 is 0 Å². The van der Waals surface area contributed by atoms with Gasteiger partial charge in [-0.3, -0.25) is 0 Å². The number of ether oxygens (including phenoxy) is 1. The lowest BCUT2D eigenvalue weighted by molar-refractivity contribution is 0.357. The van der Waals surface area contributed by atoms with Gasteiger partial charge in [-0.1, -0.05) is 18.2 Å². The first kappa shape index (κ1) is 9.40. The van der Waals surface area contributed by atoms with Gasteiger partial charge in [0.25, 0.3) is 0 Å². The van der Waals surface area contributed by atoms with E-state index < -0.39 is 0 Å². The quantitative estimate of drug-likeness (QED) is 0.706. The summed E-state index contributed by atoms with van der Waals surface area (Å²) in [6.45, 7) is 0.766. The molecule has 0 N–H and O–H groups in total. The second-order valence-corrected chi connectivity index (χ2v) is 3.93. The van der Waals surface area contributed by atoms with E-state index >= 15 is 0 Å². The smallest absolute Gasteiger partial charge is 0.123 e. The standard InChI is InChI=1S/C14H11FO/c15-13-4-1-10(2-5-13)11-3-6-14-12(9-11)7-8-16-14/h1-6,9H,7-8H2. The summed E-state index contributed by atoms with van der Waals surface area (Å²) >= 11 is 0. The van der Waals surface area contributed by atoms with Gasteiger partial charge in [0.05, 0.1) is 6.61 Å². The molecule has 0 bridgehead atoms.